The van der Waals surface area contributed by atoms with E-state index in [-0.39, 0.29) is 29.9 Å². The number of rotatable bonds is 7. The zero-order chi connectivity index (χ0) is 13.5. The molecule has 0 aliphatic rings. The van der Waals surface area contributed by atoms with Crippen LogP contribution in [0.4, 0.5) is 4.39 Å². The van der Waals surface area contributed by atoms with E-state index < -0.39 is 0 Å². The summed E-state index contributed by atoms with van der Waals surface area (Å²) < 4.78 is 17.8. The molecule has 1 aromatic carbocycles. The number of hydrogen-bond acceptors (Lipinski definition) is 3. The van der Waals surface area contributed by atoms with Gasteiger partial charge in [0.1, 0.15) is 11.6 Å². The number of halogens is 1. The lowest BCUT2D eigenvalue weighted by Gasteiger charge is -2.12. The van der Waals surface area contributed by atoms with Gasteiger partial charge in [-0.25, -0.2) is 4.39 Å². The lowest BCUT2D eigenvalue weighted by molar-refractivity contribution is -0.119. The van der Waals surface area contributed by atoms with Gasteiger partial charge >= 0.3 is 0 Å². The molecule has 1 rings (SSSR count). The van der Waals surface area contributed by atoms with Crippen LogP contribution < -0.4 is 0 Å². The molecule has 0 saturated carbocycles. The zero-order valence-electron chi connectivity index (χ0n) is 10.6. The van der Waals surface area contributed by atoms with Crippen molar-refractivity contribution in [3.05, 3.63) is 35.6 Å². The molecule has 98 valence electrons. The second-order valence-corrected chi connectivity index (χ2v) is 4.23. The number of ether oxygens (including phenoxy) is 1. The summed E-state index contributed by atoms with van der Waals surface area (Å²) in [6, 6.07) is 5.45. The first kappa shape index (κ1) is 14.5. The van der Waals surface area contributed by atoms with Crippen molar-refractivity contribution in [2.24, 2.45) is 0 Å². The Bertz CT molecular complexity index is 412. The summed E-state index contributed by atoms with van der Waals surface area (Å²) in [6.45, 7) is 1.49. The molecule has 0 fully saturated rings. The maximum atomic E-state index is 12.7. The SMILES string of the molecule is COC(CCC(=O)c1ccc(F)cc1)CC(C)=O. The van der Waals surface area contributed by atoms with Gasteiger partial charge in [0, 0.05) is 25.5 Å². The first-order valence-corrected chi connectivity index (χ1v) is 5.84. The summed E-state index contributed by atoms with van der Waals surface area (Å²) >= 11 is 0. The Morgan fingerprint density at radius 2 is 1.89 bits per heavy atom. The molecule has 3 nitrogen and oxygen atoms in total. The zero-order valence-corrected chi connectivity index (χ0v) is 10.6. The molecule has 0 amide bonds. The maximum Gasteiger partial charge on any atom is 0.162 e. The molecule has 0 radical (unpaired) electrons. The number of ketones is 2. The molecule has 0 bridgehead atoms. The molecular weight excluding hydrogens is 235 g/mol. The van der Waals surface area contributed by atoms with E-state index in [9.17, 15) is 14.0 Å². The van der Waals surface area contributed by atoms with Gasteiger partial charge in [0.15, 0.2) is 5.78 Å². The Kier molecular flexibility index (Phi) is 5.65. The fraction of sp³-hybridized carbons (Fsp3) is 0.429. The molecule has 4 heteroatoms. The van der Waals surface area contributed by atoms with Crippen molar-refractivity contribution < 1.29 is 18.7 Å². The van der Waals surface area contributed by atoms with Crippen LogP contribution in [0.15, 0.2) is 24.3 Å². The predicted octanol–water partition coefficient (Wildman–Crippen LogP) is 2.78. The van der Waals surface area contributed by atoms with Crippen LogP contribution in [0.25, 0.3) is 0 Å². The maximum absolute atomic E-state index is 12.7. The molecule has 0 saturated heterocycles. The lowest BCUT2D eigenvalue weighted by Crippen LogP contribution is -2.16. The topological polar surface area (TPSA) is 43.4 Å². The third kappa shape index (κ3) is 4.75. The first-order valence-electron chi connectivity index (χ1n) is 5.84. The van der Waals surface area contributed by atoms with E-state index in [0.29, 0.717) is 18.4 Å². The molecule has 0 aromatic heterocycles. The van der Waals surface area contributed by atoms with Crippen LogP contribution >= 0.6 is 0 Å². The van der Waals surface area contributed by atoms with Gasteiger partial charge in [-0.1, -0.05) is 0 Å². The highest BCUT2D eigenvalue weighted by molar-refractivity contribution is 5.96. The summed E-state index contributed by atoms with van der Waals surface area (Å²) in [7, 11) is 1.52. The van der Waals surface area contributed by atoms with Crippen molar-refractivity contribution in [2.45, 2.75) is 32.3 Å². The minimum absolute atomic E-state index is 0.0380. The average molecular weight is 252 g/mol. The summed E-state index contributed by atoms with van der Waals surface area (Å²) in [5.41, 5.74) is 0.481. The molecule has 0 spiro atoms. The molecule has 0 aliphatic carbocycles. The van der Waals surface area contributed by atoms with Gasteiger partial charge in [-0.05, 0) is 37.6 Å². The highest BCUT2D eigenvalue weighted by atomic mass is 19.1. The van der Waals surface area contributed by atoms with E-state index >= 15 is 0 Å². The van der Waals surface area contributed by atoms with Crippen molar-refractivity contribution in [1.82, 2.24) is 0 Å². The van der Waals surface area contributed by atoms with E-state index in [1.54, 1.807) is 0 Å². The monoisotopic (exact) mass is 252 g/mol. The minimum Gasteiger partial charge on any atom is -0.381 e. The summed E-state index contributed by atoms with van der Waals surface area (Å²) in [5.74, 6) is -0.394. The third-order valence-electron chi connectivity index (χ3n) is 2.71. The average Bonchev–Trinajstić information content (AvgIpc) is 2.34. The Morgan fingerprint density at radius 3 is 2.39 bits per heavy atom. The molecule has 1 atom stereocenters. The van der Waals surface area contributed by atoms with Crippen LogP contribution in [0.1, 0.15) is 36.5 Å². The van der Waals surface area contributed by atoms with Gasteiger partial charge in [-0.2, -0.15) is 0 Å². The fourth-order valence-corrected chi connectivity index (χ4v) is 1.70. The van der Waals surface area contributed by atoms with E-state index in [1.807, 2.05) is 0 Å². The fourth-order valence-electron chi connectivity index (χ4n) is 1.70. The van der Waals surface area contributed by atoms with Crippen LogP contribution in [0.5, 0.6) is 0 Å². The highest BCUT2D eigenvalue weighted by Gasteiger charge is 2.13. The number of carbonyl (C=O) groups is 2. The van der Waals surface area contributed by atoms with Crippen LogP contribution in [0.2, 0.25) is 0 Å². The Balaban J connectivity index is 2.49. The Labute approximate surface area is 106 Å². The predicted molar refractivity (Wildman–Crippen MR) is 66.1 cm³/mol. The van der Waals surface area contributed by atoms with Crippen molar-refractivity contribution in [3.63, 3.8) is 0 Å². The minimum atomic E-state index is -0.363. The summed E-state index contributed by atoms with van der Waals surface area (Å²) in [4.78, 5) is 22.8. The van der Waals surface area contributed by atoms with Gasteiger partial charge in [0.25, 0.3) is 0 Å². The number of methoxy groups -OCH3 is 1. The standard InChI is InChI=1S/C14H17FO3/c1-10(16)9-13(18-2)7-8-14(17)11-3-5-12(15)6-4-11/h3-6,13H,7-9H2,1-2H3. The van der Waals surface area contributed by atoms with Gasteiger partial charge in [0.05, 0.1) is 6.10 Å². The van der Waals surface area contributed by atoms with E-state index in [0.717, 1.165) is 0 Å². The number of carbonyl (C=O) groups excluding carboxylic acids is 2. The third-order valence-corrected chi connectivity index (χ3v) is 2.71. The van der Waals surface area contributed by atoms with E-state index in [4.69, 9.17) is 4.74 Å². The van der Waals surface area contributed by atoms with Crippen molar-refractivity contribution >= 4 is 11.6 Å². The Morgan fingerprint density at radius 1 is 1.28 bits per heavy atom. The number of Topliss-reactive ketones (excluding diaryl/α,β-unsaturated/α-hetero) is 2. The molecule has 18 heavy (non-hydrogen) atoms. The molecular formula is C14H17FO3. The Hall–Kier alpha value is -1.55. The second kappa shape index (κ2) is 7.01. The van der Waals surface area contributed by atoms with Crippen LogP contribution in [0, 0.1) is 5.82 Å². The summed E-state index contributed by atoms with van der Waals surface area (Å²) in [6.07, 6.45) is 0.864. The van der Waals surface area contributed by atoms with E-state index in [2.05, 4.69) is 0 Å². The van der Waals surface area contributed by atoms with Gasteiger partial charge < -0.3 is 4.74 Å². The van der Waals surface area contributed by atoms with E-state index in [1.165, 1.54) is 38.3 Å². The van der Waals surface area contributed by atoms with Crippen LogP contribution in [-0.4, -0.2) is 24.8 Å². The second-order valence-electron chi connectivity index (χ2n) is 4.23. The van der Waals surface area contributed by atoms with Crippen molar-refractivity contribution in [2.75, 3.05) is 7.11 Å². The first-order chi connectivity index (χ1) is 8.52. The van der Waals surface area contributed by atoms with Gasteiger partial charge in [-0.15, -0.1) is 0 Å². The quantitative estimate of drug-likeness (QED) is 0.701. The van der Waals surface area contributed by atoms with Crippen molar-refractivity contribution in [3.8, 4) is 0 Å². The largest absolute Gasteiger partial charge is 0.381 e. The molecule has 0 N–H and O–H groups in total. The highest BCUT2D eigenvalue weighted by Crippen LogP contribution is 2.12. The molecule has 1 aromatic rings. The normalized spacial score (nSPS) is 12.2. The van der Waals surface area contributed by atoms with Crippen LogP contribution in [-0.2, 0) is 9.53 Å². The van der Waals surface area contributed by atoms with Crippen molar-refractivity contribution in [1.29, 1.82) is 0 Å². The smallest absolute Gasteiger partial charge is 0.162 e. The van der Waals surface area contributed by atoms with Crippen LogP contribution in [0.3, 0.4) is 0 Å². The molecule has 0 heterocycles. The molecule has 1 unspecified atom stereocenters. The van der Waals surface area contributed by atoms with Gasteiger partial charge in [-0.3, -0.25) is 9.59 Å². The number of hydrogen-bond donors (Lipinski definition) is 0. The molecule has 0 aliphatic heterocycles. The summed E-state index contributed by atoms with van der Waals surface area (Å²) in [5, 5.41) is 0. The number of benzene rings is 1. The lowest BCUT2D eigenvalue weighted by atomic mass is 10.0. The van der Waals surface area contributed by atoms with Gasteiger partial charge in [0.2, 0.25) is 0 Å².